The molecule has 1 atom stereocenters. The zero-order valence-electron chi connectivity index (χ0n) is 18.2. The standard InChI is InChI=1S/C24H26ClNO6/c1-4-6-11-26-21(14-7-10-19(31-3)18(27)12-14)20(23(29)24(26)30)22(28)16-13-15(32-5-2)8-9-17(16)25/h7-10,12-13,21,27-28H,4-6,11H2,1-3H3/b22-20+. The highest BCUT2D eigenvalue weighted by atomic mass is 35.5. The Hall–Kier alpha value is -3.19. The fourth-order valence-corrected chi connectivity index (χ4v) is 3.96. The Balaban J connectivity index is 2.21. The van der Waals surface area contributed by atoms with Gasteiger partial charge >= 0.3 is 0 Å². The van der Waals surface area contributed by atoms with Crippen LogP contribution in [0.15, 0.2) is 42.0 Å². The van der Waals surface area contributed by atoms with Gasteiger partial charge in [0.25, 0.3) is 11.7 Å². The first kappa shape index (κ1) is 23.5. The number of benzene rings is 2. The molecule has 32 heavy (non-hydrogen) atoms. The lowest BCUT2D eigenvalue weighted by atomic mass is 9.94. The van der Waals surface area contributed by atoms with Crippen molar-refractivity contribution in [1.82, 2.24) is 4.90 Å². The van der Waals surface area contributed by atoms with Crippen LogP contribution >= 0.6 is 11.6 Å². The number of rotatable bonds is 8. The molecule has 0 aliphatic carbocycles. The second kappa shape index (κ2) is 9.96. The van der Waals surface area contributed by atoms with Gasteiger partial charge in [-0.1, -0.05) is 31.0 Å². The minimum Gasteiger partial charge on any atom is -0.507 e. The molecule has 0 radical (unpaired) electrons. The van der Waals surface area contributed by atoms with Gasteiger partial charge in [0, 0.05) is 12.1 Å². The van der Waals surface area contributed by atoms with E-state index in [1.807, 2.05) is 13.8 Å². The number of carbonyl (C=O) groups is 2. The van der Waals surface area contributed by atoms with Crippen LogP contribution in [0.5, 0.6) is 17.2 Å². The Kier molecular flexibility index (Phi) is 7.30. The molecule has 1 amide bonds. The molecule has 0 aromatic heterocycles. The molecule has 1 fully saturated rings. The first-order valence-electron chi connectivity index (χ1n) is 10.4. The third kappa shape index (κ3) is 4.39. The molecule has 1 saturated heterocycles. The normalized spacial score (nSPS) is 17.6. The number of aromatic hydroxyl groups is 1. The van der Waals surface area contributed by atoms with Gasteiger partial charge < -0.3 is 24.6 Å². The molecule has 0 saturated carbocycles. The number of carbonyl (C=O) groups excluding carboxylic acids is 2. The molecule has 0 spiro atoms. The summed E-state index contributed by atoms with van der Waals surface area (Å²) in [6, 6.07) is 8.49. The summed E-state index contributed by atoms with van der Waals surface area (Å²) < 4.78 is 10.6. The van der Waals surface area contributed by atoms with Gasteiger partial charge in [-0.25, -0.2) is 0 Å². The quantitative estimate of drug-likeness (QED) is 0.338. The average molecular weight is 460 g/mol. The van der Waals surface area contributed by atoms with Gasteiger partial charge in [0.2, 0.25) is 0 Å². The van der Waals surface area contributed by atoms with E-state index in [0.29, 0.717) is 30.9 Å². The van der Waals surface area contributed by atoms with Crippen LogP contribution in [0.2, 0.25) is 5.02 Å². The lowest BCUT2D eigenvalue weighted by molar-refractivity contribution is -0.139. The number of nitrogens with zero attached hydrogens (tertiary/aromatic N) is 1. The van der Waals surface area contributed by atoms with Crippen LogP contribution in [-0.4, -0.2) is 47.1 Å². The maximum absolute atomic E-state index is 13.0. The highest BCUT2D eigenvalue weighted by Gasteiger charge is 2.46. The zero-order valence-corrected chi connectivity index (χ0v) is 19.0. The molecule has 7 nitrogen and oxygen atoms in total. The van der Waals surface area contributed by atoms with Crippen molar-refractivity contribution in [3.8, 4) is 17.2 Å². The number of likely N-dealkylation sites (tertiary alicyclic amines) is 1. The Morgan fingerprint density at radius 1 is 1.16 bits per heavy atom. The fourth-order valence-electron chi connectivity index (χ4n) is 3.75. The van der Waals surface area contributed by atoms with Crippen LogP contribution in [0.4, 0.5) is 0 Å². The molecule has 3 rings (SSSR count). The molecule has 2 aromatic carbocycles. The van der Waals surface area contributed by atoms with Crippen LogP contribution in [0, 0.1) is 0 Å². The molecular weight excluding hydrogens is 434 g/mol. The Morgan fingerprint density at radius 3 is 2.53 bits per heavy atom. The smallest absolute Gasteiger partial charge is 0.295 e. The van der Waals surface area contributed by atoms with Crippen LogP contribution < -0.4 is 9.47 Å². The number of phenols is 1. The van der Waals surface area contributed by atoms with E-state index in [1.165, 1.54) is 24.1 Å². The number of ketones is 1. The van der Waals surface area contributed by atoms with Gasteiger partial charge in [0.1, 0.15) is 11.5 Å². The third-order valence-electron chi connectivity index (χ3n) is 5.32. The number of methoxy groups -OCH3 is 1. The van der Waals surface area contributed by atoms with Crippen molar-refractivity contribution in [2.45, 2.75) is 32.7 Å². The van der Waals surface area contributed by atoms with E-state index in [4.69, 9.17) is 21.1 Å². The molecular formula is C24H26ClNO6. The number of amides is 1. The van der Waals surface area contributed by atoms with Crippen molar-refractivity contribution in [2.24, 2.45) is 0 Å². The third-order valence-corrected chi connectivity index (χ3v) is 5.64. The van der Waals surface area contributed by atoms with Crippen molar-refractivity contribution in [3.05, 3.63) is 58.1 Å². The highest BCUT2D eigenvalue weighted by molar-refractivity contribution is 6.47. The van der Waals surface area contributed by atoms with Crippen molar-refractivity contribution < 1.29 is 29.3 Å². The molecule has 1 unspecified atom stereocenters. The van der Waals surface area contributed by atoms with Crippen LogP contribution in [0.1, 0.15) is 43.9 Å². The number of ether oxygens (including phenoxy) is 2. The summed E-state index contributed by atoms with van der Waals surface area (Å²) in [4.78, 5) is 27.3. The van der Waals surface area contributed by atoms with E-state index in [9.17, 15) is 19.8 Å². The Bertz CT molecular complexity index is 1060. The lowest BCUT2D eigenvalue weighted by Gasteiger charge is -2.25. The maximum Gasteiger partial charge on any atom is 0.295 e. The first-order chi connectivity index (χ1) is 15.3. The first-order valence-corrected chi connectivity index (χ1v) is 10.8. The van der Waals surface area contributed by atoms with E-state index in [1.54, 1.807) is 24.3 Å². The molecule has 0 bridgehead atoms. The summed E-state index contributed by atoms with van der Waals surface area (Å²) >= 11 is 6.32. The van der Waals surface area contributed by atoms with Crippen LogP contribution in [0.3, 0.4) is 0 Å². The monoisotopic (exact) mass is 459 g/mol. The summed E-state index contributed by atoms with van der Waals surface area (Å²) in [5.41, 5.74) is 0.567. The largest absolute Gasteiger partial charge is 0.507 e. The second-order valence-corrected chi connectivity index (χ2v) is 7.76. The molecule has 2 aromatic rings. The fraction of sp³-hybridized carbons (Fsp3) is 0.333. The van der Waals surface area contributed by atoms with E-state index >= 15 is 0 Å². The van der Waals surface area contributed by atoms with Crippen molar-refractivity contribution >= 4 is 29.1 Å². The number of aliphatic hydroxyl groups excluding tert-OH is 1. The van der Waals surface area contributed by atoms with Crippen molar-refractivity contribution in [3.63, 3.8) is 0 Å². The summed E-state index contributed by atoms with van der Waals surface area (Å²) in [6.45, 7) is 4.53. The number of hydrogen-bond donors (Lipinski definition) is 2. The Morgan fingerprint density at radius 2 is 1.91 bits per heavy atom. The van der Waals surface area contributed by atoms with Gasteiger partial charge in [-0.15, -0.1) is 0 Å². The maximum atomic E-state index is 13.0. The van der Waals surface area contributed by atoms with Gasteiger partial charge in [-0.05, 0) is 49.2 Å². The summed E-state index contributed by atoms with van der Waals surface area (Å²) in [7, 11) is 1.43. The number of Topliss-reactive ketones (excluding diaryl/α,β-unsaturated/α-hetero) is 1. The molecule has 2 N–H and O–H groups in total. The molecule has 170 valence electrons. The van der Waals surface area contributed by atoms with Gasteiger partial charge in [-0.2, -0.15) is 0 Å². The number of aliphatic hydroxyl groups is 1. The molecule has 1 aliphatic heterocycles. The van der Waals surface area contributed by atoms with Crippen molar-refractivity contribution in [1.29, 1.82) is 0 Å². The highest BCUT2D eigenvalue weighted by Crippen LogP contribution is 2.43. The zero-order chi connectivity index (χ0) is 23.4. The predicted molar refractivity (Wildman–Crippen MR) is 121 cm³/mol. The number of unbranched alkanes of at least 4 members (excludes halogenated alkanes) is 1. The van der Waals surface area contributed by atoms with E-state index in [-0.39, 0.29) is 27.7 Å². The summed E-state index contributed by atoms with van der Waals surface area (Å²) in [6.07, 6.45) is 1.48. The van der Waals surface area contributed by atoms with Crippen LogP contribution in [0.25, 0.3) is 5.76 Å². The minimum absolute atomic E-state index is 0.0915. The molecule has 1 aliphatic rings. The summed E-state index contributed by atoms with van der Waals surface area (Å²) in [5, 5.41) is 21.7. The van der Waals surface area contributed by atoms with Crippen molar-refractivity contribution in [2.75, 3.05) is 20.3 Å². The average Bonchev–Trinajstić information content (AvgIpc) is 3.03. The number of phenolic OH excluding ortho intramolecular Hbond substituents is 1. The van der Waals surface area contributed by atoms with E-state index in [2.05, 4.69) is 0 Å². The predicted octanol–water partition coefficient (Wildman–Crippen LogP) is 4.67. The summed E-state index contributed by atoms with van der Waals surface area (Å²) in [5.74, 6) is -1.32. The topological polar surface area (TPSA) is 96.3 Å². The number of hydrogen-bond acceptors (Lipinski definition) is 6. The number of halogens is 1. The van der Waals surface area contributed by atoms with E-state index in [0.717, 1.165) is 6.42 Å². The second-order valence-electron chi connectivity index (χ2n) is 7.35. The van der Waals surface area contributed by atoms with Crippen LogP contribution in [-0.2, 0) is 9.59 Å². The van der Waals surface area contributed by atoms with E-state index < -0.39 is 23.5 Å². The SMILES string of the molecule is CCCCN1C(=O)C(=O)/C(=C(/O)c2cc(OCC)ccc2Cl)C1c1ccc(OC)c(O)c1. The van der Waals surface area contributed by atoms with Gasteiger partial charge in [0.15, 0.2) is 11.5 Å². The lowest BCUT2D eigenvalue weighted by Crippen LogP contribution is -2.30. The molecule has 8 heteroatoms. The van der Waals surface area contributed by atoms with Gasteiger partial charge in [0.05, 0.1) is 30.4 Å². The minimum atomic E-state index is -0.884. The Labute approximate surface area is 191 Å². The molecule has 1 heterocycles. The van der Waals surface area contributed by atoms with Gasteiger partial charge in [-0.3, -0.25) is 9.59 Å².